The second-order valence-electron chi connectivity index (χ2n) is 2.76. The number of methoxy groups -OCH3 is 1. The molecule has 18 heavy (non-hydrogen) atoms. The molecule has 0 fully saturated rings. The van der Waals surface area contributed by atoms with E-state index in [1.165, 1.54) is 7.11 Å². The van der Waals surface area contributed by atoms with E-state index in [0.29, 0.717) is 11.3 Å². The van der Waals surface area contributed by atoms with Gasteiger partial charge >= 0.3 is 5.97 Å². The first-order chi connectivity index (χ1) is 8.36. The lowest BCUT2D eigenvalue weighted by Crippen LogP contribution is -2.21. The fourth-order valence-corrected chi connectivity index (χ4v) is 0.939. The summed E-state index contributed by atoms with van der Waals surface area (Å²) in [6.07, 6.45) is 0. The molecule has 0 radical (unpaired) electrons. The average Bonchev–Trinajstić information content (AvgIpc) is 2.27. The fraction of sp³-hybridized carbons (Fsp3) is 0.111. The Kier molecular flexibility index (Phi) is 8.10. The van der Waals surface area contributed by atoms with Gasteiger partial charge in [-0.05, 0) is 24.3 Å². The molecule has 0 aliphatic heterocycles. The van der Waals surface area contributed by atoms with Crippen LogP contribution in [-0.2, 0) is 14.0 Å². The number of carbonyl (C=O) groups is 1. The molecule has 0 aliphatic rings. The molecule has 0 unspecified atom stereocenters. The molecule has 1 aromatic carbocycles. The lowest BCUT2D eigenvalue weighted by atomic mass is 10.2. The van der Waals surface area contributed by atoms with Crippen molar-refractivity contribution in [2.75, 3.05) is 7.11 Å². The van der Waals surface area contributed by atoms with E-state index in [9.17, 15) is 4.79 Å². The van der Waals surface area contributed by atoms with E-state index in [4.69, 9.17) is 15.7 Å². The smallest absolute Gasteiger partial charge is 0.337 e. The van der Waals surface area contributed by atoms with Gasteiger partial charge in [0.15, 0.2) is 5.96 Å². The summed E-state index contributed by atoms with van der Waals surface area (Å²) >= 11 is 0. The van der Waals surface area contributed by atoms with Crippen molar-refractivity contribution >= 4 is 48.2 Å². The van der Waals surface area contributed by atoms with Gasteiger partial charge in [0.2, 0.25) is 9.23 Å². The average molecular weight is 312 g/mol. The van der Waals surface area contributed by atoms with Crippen LogP contribution in [0.3, 0.4) is 0 Å². The second kappa shape index (κ2) is 8.73. The van der Waals surface area contributed by atoms with Gasteiger partial charge in [-0.3, -0.25) is 0 Å². The number of guanidine groups is 1. The molecule has 0 aliphatic carbocycles. The topological polar surface area (TPSA) is 108 Å². The Morgan fingerprint density at radius 3 is 2.06 bits per heavy atom. The van der Waals surface area contributed by atoms with Crippen LogP contribution in [0.15, 0.2) is 29.3 Å². The quantitative estimate of drug-likeness (QED) is 0.371. The number of aliphatic imine (C=N–C) groups is 1. The van der Waals surface area contributed by atoms with Crippen LogP contribution in [0.25, 0.3) is 0 Å². The summed E-state index contributed by atoms with van der Waals surface area (Å²) in [6, 6.07) is 6.44. The van der Waals surface area contributed by atoms with Crippen molar-refractivity contribution in [3.63, 3.8) is 0 Å². The van der Waals surface area contributed by atoms with Crippen LogP contribution in [0.4, 0.5) is 5.69 Å². The minimum atomic E-state index is -1.67. The van der Waals surface area contributed by atoms with Gasteiger partial charge in [0.05, 0.1) is 18.4 Å². The minimum absolute atomic E-state index is 0.0178. The molecule has 4 N–H and O–H groups in total. The van der Waals surface area contributed by atoms with Crippen molar-refractivity contribution in [2.45, 2.75) is 0 Å². The first-order valence-electron chi connectivity index (χ1n) is 4.39. The summed E-state index contributed by atoms with van der Waals surface area (Å²) in [7, 11) is 8.68. The van der Waals surface area contributed by atoms with Crippen molar-refractivity contribution in [3.05, 3.63) is 29.8 Å². The summed E-state index contributed by atoms with van der Waals surface area (Å²) < 4.78 is 13.6. The highest BCUT2D eigenvalue weighted by Crippen LogP contribution is 2.12. The van der Waals surface area contributed by atoms with Gasteiger partial charge < -0.3 is 16.2 Å². The van der Waals surface area contributed by atoms with Gasteiger partial charge in [0, 0.05) is 21.4 Å². The number of benzene rings is 1. The highest BCUT2D eigenvalue weighted by atomic mass is 36.0. The fourth-order valence-electron chi connectivity index (χ4n) is 0.939. The normalized spacial score (nSPS) is 9.11. The molecular weight excluding hydrogens is 301 g/mol. The summed E-state index contributed by atoms with van der Waals surface area (Å²) in [4.78, 5) is 14.8. The molecule has 1 rings (SSSR count). The summed E-state index contributed by atoms with van der Waals surface area (Å²) in [5.41, 5.74) is 11.4. The second-order valence-corrected chi connectivity index (χ2v) is 5.28. The van der Waals surface area contributed by atoms with Crippen LogP contribution in [-0.4, -0.2) is 23.2 Å². The van der Waals surface area contributed by atoms with Gasteiger partial charge in [-0.1, -0.05) is 0 Å². The third kappa shape index (κ3) is 7.88. The highest BCUT2D eigenvalue weighted by Gasteiger charge is 2.03. The first kappa shape index (κ1) is 16.7. The monoisotopic (exact) mass is 311 g/mol. The van der Waals surface area contributed by atoms with E-state index in [0.717, 1.165) is 0 Å². The minimum Gasteiger partial charge on any atom is -0.465 e. The number of nitrogens with zero attached hydrogens (tertiary/aromatic N) is 1. The number of halogens is 2. The van der Waals surface area contributed by atoms with E-state index in [2.05, 4.69) is 31.1 Å². The highest BCUT2D eigenvalue weighted by molar-refractivity contribution is 8.26. The van der Waals surface area contributed by atoms with Gasteiger partial charge in [-0.15, -0.1) is 0 Å². The molecule has 100 valence electrons. The SMILES string of the molecule is COC(=O)c1ccc(N=C(N)N)cc1.O=S(Cl)Cl. The maximum absolute atomic E-state index is 11.0. The van der Waals surface area contributed by atoms with Crippen molar-refractivity contribution in [3.8, 4) is 0 Å². The molecule has 0 aromatic heterocycles. The Morgan fingerprint density at radius 2 is 1.72 bits per heavy atom. The van der Waals surface area contributed by atoms with E-state index in [1.807, 2.05) is 0 Å². The molecule has 6 nitrogen and oxygen atoms in total. The molecule has 1 aromatic rings. The van der Waals surface area contributed by atoms with Crippen LogP contribution >= 0.6 is 21.4 Å². The van der Waals surface area contributed by atoms with Crippen molar-refractivity contribution < 1.29 is 13.7 Å². The maximum atomic E-state index is 11.0. The van der Waals surface area contributed by atoms with Crippen molar-refractivity contribution in [1.29, 1.82) is 0 Å². The molecule has 0 saturated carbocycles. The standard InChI is InChI=1S/C9H11N3O2.Cl2OS/c1-14-8(13)6-2-4-7(5-3-6)12-9(10)11;1-4(2)3/h2-5H,1H3,(H4,10,11,12);. The summed E-state index contributed by atoms with van der Waals surface area (Å²) in [5, 5.41) is 0. The molecule has 0 atom stereocenters. The van der Waals surface area contributed by atoms with E-state index in [1.54, 1.807) is 24.3 Å². The zero-order valence-electron chi connectivity index (χ0n) is 9.30. The largest absolute Gasteiger partial charge is 0.465 e. The lowest BCUT2D eigenvalue weighted by Gasteiger charge is -1.99. The Balaban J connectivity index is 0.000000631. The van der Waals surface area contributed by atoms with Gasteiger partial charge in [0.1, 0.15) is 0 Å². The number of carbonyl (C=O) groups excluding carboxylic acids is 1. The molecule has 0 amide bonds. The zero-order valence-corrected chi connectivity index (χ0v) is 11.6. The van der Waals surface area contributed by atoms with E-state index < -0.39 is 9.23 Å². The van der Waals surface area contributed by atoms with Crippen LogP contribution < -0.4 is 11.5 Å². The van der Waals surface area contributed by atoms with Crippen LogP contribution in [0.2, 0.25) is 0 Å². The molecule has 0 bridgehead atoms. The number of hydrogen-bond acceptors (Lipinski definition) is 4. The van der Waals surface area contributed by atoms with Crippen LogP contribution in [0, 0.1) is 0 Å². The van der Waals surface area contributed by atoms with E-state index in [-0.39, 0.29) is 11.9 Å². The number of rotatable bonds is 2. The van der Waals surface area contributed by atoms with Gasteiger partial charge in [-0.2, -0.15) is 0 Å². The Hall–Kier alpha value is -1.31. The van der Waals surface area contributed by atoms with Crippen molar-refractivity contribution in [2.24, 2.45) is 16.5 Å². The maximum Gasteiger partial charge on any atom is 0.337 e. The zero-order chi connectivity index (χ0) is 14.1. The Bertz CT molecular complexity index is 443. The number of esters is 1. The predicted octanol–water partition coefficient (Wildman–Crippen LogP) is 1.42. The molecule has 0 heterocycles. The first-order valence-corrected chi connectivity index (χ1v) is 7.19. The third-order valence-corrected chi connectivity index (χ3v) is 1.55. The van der Waals surface area contributed by atoms with Gasteiger partial charge in [-0.25, -0.2) is 14.0 Å². The molecule has 9 heteroatoms. The lowest BCUT2D eigenvalue weighted by molar-refractivity contribution is 0.0601. The Labute approximate surface area is 115 Å². The Morgan fingerprint density at radius 1 is 1.28 bits per heavy atom. The summed E-state index contributed by atoms with van der Waals surface area (Å²) in [5.74, 6) is -0.405. The molecule has 0 spiro atoms. The third-order valence-electron chi connectivity index (χ3n) is 1.55. The molecular formula is C9H11Cl2N3O3S. The van der Waals surface area contributed by atoms with E-state index >= 15 is 0 Å². The number of ether oxygens (including phenoxy) is 1. The summed E-state index contributed by atoms with van der Waals surface area (Å²) in [6.45, 7) is 0. The van der Waals surface area contributed by atoms with Crippen LogP contribution in [0.5, 0.6) is 0 Å². The van der Waals surface area contributed by atoms with Gasteiger partial charge in [0.25, 0.3) is 0 Å². The number of nitrogens with two attached hydrogens (primary N) is 2. The van der Waals surface area contributed by atoms with Crippen LogP contribution in [0.1, 0.15) is 10.4 Å². The number of hydrogen-bond donors (Lipinski definition) is 2. The predicted molar refractivity (Wildman–Crippen MR) is 73.1 cm³/mol. The molecule has 0 saturated heterocycles. The van der Waals surface area contributed by atoms with Crippen molar-refractivity contribution in [1.82, 2.24) is 0 Å².